The second-order valence-electron chi connectivity index (χ2n) is 6.69. The molecular weight excluding hydrogens is 372 g/mol. The summed E-state index contributed by atoms with van der Waals surface area (Å²) in [7, 11) is 0. The van der Waals surface area contributed by atoms with Gasteiger partial charge in [-0.25, -0.2) is 0 Å². The summed E-state index contributed by atoms with van der Waals surface area (Å²) in [5, 5.41) is 5.29. The van der Waals surface area contributed by atoms with Gasteiger partial charge < -0.3 is 15.4 Å². The predicted octanol–water partition coefficient (Wildman–Crippen LogP) is 3.41. The molecule has 2 aromatic carbocycles. The quantitative estimate of drug-likeness (QED) is 0.526. The third kappa shape index (κ3) is 7.21. The molecule has 2 N–H and O–H groups in total. The first-order valence-corrected chi connectivity index (χ1v) is 9.18. The molecule has 0 aliphatic heterocycles. The molecule has 2 rings (SSSR count). The van der Waals surface area contributed by atoms with Crippen LogP contribution < -0.4 is 10.6 Å². The van der Waals surface area contributed by atoms with Gasteiger partial charge in [0.1, 0.15) is 0 Å². The van der Waals surface area contributed by atoms with Crippen LogP contribution in [0, 0.1) is 13.8 Å². The first kappa shape index (κ1) is 21.8. The maximum Gasteiger partial charge on any atom is 0.306 e. The third-order valence-electron chi connectivity index (χ3n) is 4.29. The van der Waals surface area contributed by atoms with E-state index in [0.717, 1.165) is 11.1 Å². The predicted molar refractivity (Wildman–Crippen MR) is 110 cm³/mol. The standard InChI is InChI=1S/C22H24N2O5/c1-14-4-7-19(12-15(14)2)24-21(27)13-29-22(28)11-10-20(26)23-18-8-5-17(6-9-18)16(3)25/h4-9,12H,10-11,13H2,1-3H3,(H,23,26)(H,24,27). The number of ether oxygens (including phenoxy) is 1. The van der Waals surface area contributed by atoms with Crippen molar-refractivity contribution in [3.8, 4) is 0 Å². The molecule has 0 saturated heterocycles. The van der Waals surface area contributed by atoms with Crippen molar-refractivity contribution in [3.05, 3.63) is 59.2 Å². The van der Waals surface area contributed by atoms with Crippen LogP contribution in [-0.4, -0.2) is 30.2 Å². The fourth-order valence-electron chi connectivity index (χ4n) is 2.46. The van der Waals surface area contributed by atoms with Gasteiger partial charge in [0.2, 0.25) is 5.91 Å². The molecule has 29 heavy (non-hydrogen) atoms. The summed E-state index contributed by atoms with van der Waals surface area (Å²) < 4.78 is 4.90. The van der Waals surface area contributed by atoms with Gasteiger partial charge in [-0.1, -0.05) is 6.07 Å². The molecule has 2 amide bonds. The summed E-state index contributed by atoms with van der Waals surface area (Å²) in [4.78, 5) is 46.8. The highest BCUT2D eigenvalue weighted by atomic mass is 16.5. The molecule has 0 heterocycles. The van der Waals surface area contributed by atoms with Crippen LogP contribution in [0.3, 0.4) is 0 Å². The molecule has 0 aliphatic rings. The van der Waals surface area contributed by atoms with Crippen molar-refractivity contribution in [3.63, 3.8) is 0 Å². The molecule has 0 bridgehead atoms. The minimum Gasteiger partial charge on any atom is -0.456 e. The lowest BCUT2D eigenvalue weighted by molar-refractivity contribution is -0.147. The number of anilines is 2. The molecule has 7 nitrogen and oxygen atoms in total. The lowest BCUT2D eigenvalue weighted by Gasteiger charge is -2.09. The van der Waals surface area contributed by atoms with E-state index in [4.69, 9.17) is 4.74 Å². The number of ketones is 1. The molecule has 0 fully saturated rings. The van der Waals surface area contributed by atoms with E-state index in [1.54, 1.807) is 30.3 Å². The van der Waals surface area contributed by atoms with Gasteiger partial charge in [-0.2, -0.15) is 0 Å². The Balaban J connectivity index is 1.70. The monoisotopic (exact) mass is 396 g/mol. The molecule has 0 aliphatic carbocycles. The zero-order chi connectivity index (χ0) is 21.4. The average molecular weight is 396 g/mol. The van der Waals surface area contributed by atoms with Crippen molar-refractivity contribution >= 4 is 34.9 Å². The maximum absolute atomic E-state index is 11.9. The van der Waals surface area contributed by atoms with Gasteiger partial charge in [-0.3, -0.25) is 19.2 Å². The lowest BCUT2D eigenvalue weighted by Crippen LogP contribution is -2.21. The average Bonchev–Trinajstić information content (AvgIpc) is 2.68. The van der Waals surface area contributed by atoms with Gasteiger partial charge in [0.25, 0.3) is 5.91 Å². The Labute approximate surface area is 169 Å². The van der Waals surface area contributed by atoms with Crippen LogP contribution in [0.25, 0.3) is 0 Å². The molecule has 2 aromatic rings. The molecule has 0 atom stereocenters. The summed E-state index contributed by atoms with van der Waals surface area (Å²) in [6, 6.07) is 12.0. The molecule has 7 heteroatoms. The normalized spacial score (nSPS) is 10.2. The van der Waals surface area contributed by atoms with Gasteiger partial charge >= 0.3 is 5.97 Å². The Bertz CT molecular complexity index is 919. The minimum atomic E-state index is -0.637. The number of esters is 1. The van der Waals surface area contributed by atoms with E-state index < -0.39 is 18.5 Å². The van der Waals surface area contributed by atoms with E-state index in [0.29, 0.717) is 16.9 Å². The first-order chi connectivity index (χ1) is 13.7. The zero-order valence-corrected chi connectivity index (χ0v) is 16.7. The Morgan fingerprint density at radius 3 is 2.03 bits per heavy atom. The molecule has 0 radical (unpaired) electrons. The number of hydrogen-bond acceptors (Lipinski definition) is 5. The van der Waals surface area contributed by atoms with Crippen molar-refractivity contribution in [2.45, 2.75) is 33.6 Å². The summed E-state index contributed by atoms with van der Waals surface area (Å²) in [6.07, 6.45) is -0.222. The number of aryl methyl sites for hydroxylation is 2. The zero-order valence-electron chi connectivity index (χ0n) is 16.7. The number of amides is 2. The molecule has 0 saturated carbocycles. The minimum absolute atomic E-state index is 0.0628. The van der Waals surface area contributed by atoms with Crippen molar-refractivity contribution in [2.75, 3.05) is 17.2 Å². The molecule has 0 spiro atoms. The van der Waals surface area contributed by atoms with E-state index in [1.807, 2.05) is 26.0 Å². The van der Waals surface area contributed by atoms with Crippen LogP contribution in [0.4, 0.5) is 11.4 Å². The largest absolute Gasteiger partial charge is 0.456 e. The summed E-state index contributed by atoms with van der Waals surface area (Å²) in [5.41, 5.74) is 3.86. The van der Waals surface area contributed by atoms with E-state index in [9.17, 15) is 19.2 Å². The fourth-order valence-corrected chi connectivity index (χ4v) is 2.46. The van der Waals surface area contributed by atoms with Crippen molar-refractivity contribution in [2.24, 2.45) is 0 Å². The topological polar surface area (TPSA) is 102 Å². The van der Waals surface area contributed by atoms with E-state index in [-0.39, 0.29) is 24.5 Å². The van der Waals surface area contributed by atoms with Crippen LogP contribution in [0.1, 0.15) is 41.3 Å². The highest BCUT2D eigenvalue weighted by molar-refractivity contribution is 5.96. The lowest BCUT2D eigenvalue weighted by atomic mass is 10.1. The van der Waals surface area contributed by atoms with Crippen molar-refractivity contribution in [1.29, 1.82) is 0 Å². The number of carbonyl (C=O) groups is 4. The molecule has 0 aromatic heterocycles. The Kier molecular flexibility index (Phi) is 7.65. The summed E-state index contributed by atoms with van der Waals surface area (Å²) in [5.74, 6) is -1.51. The van der Waals surface area contributed by atoms with Crippen molar-refractivity contribution in [1.82, 2.24) is 0 Å². The fraction of sp³-hybridized carbons (Fsp3) is 0.273. The van der Waals surface area contributed by atoms with E-state index >= 15 is 0 Å². The second-order valence-corrected chi connectivity index (χ2v) is 6.69. The number of hydrogen-bond donors (Lipinski definition) is 2. The number of carbonyl (C=O) groups excluding carboxylic acids is 4. The van der Waals surface area contributed by atoms with Gasteiger partial charge in [0.05, 0.1) is 6.42 Å². The van der Waals surface area contributed by atoms with Crippen LogP contribution >= 0.6 is 0 Å². The Morgan fingerprint density at radius 2 is 1.41 bits per heavy atom. The Morgan fingerprint density at radius 1 is 0.793 bits per heavy atom. The number of benzene rings is 2. The van der Waals surface area contributed by atoms with Gasteiger partial charge in [-0.05, 0) is 68.3 Å². The highest BCUT2D eigenvalue weighted by Crippen LogP contribution is 2.14. The molecule has 152 valence electrons. The van der Waals surface area contributed by atoms with Gasteiger partial charge in [-0.15, -0.1) is 0 Å². The van der Waals surface area contributed by atoms with Crippen LogP contribution in [0.15, 0.2) is 42.5 Å². The SMILES string of the molecule is CC(=O)c1ccc(NC(=O)CCC(=O)OCC(=O)Nc2ccc(C)c(C)c2)cc1. The molecular formula is C22H24N2O5. The van der Waals surface area contributed by atoms with E-state index in [2.05, 4.69) is 10.6 Å². The number of Topliss-reactive ketones (excluding diaryl/α,β-unsaturated/α-hetero) is 1. The Hall–Kier alpha value is -3.48. The van der Waals surface area contributed by atoms with E-state index in [1.165, 1.54) is 6.92 Å². The highest BCUT2D eigenvalue weighted by Gasteiger charge is 2.11. The summed E-state index contributed by atoms with van der Waals surface area (Å²) in [6.45, 7) is 4.95. The molecule has 0 unspecified atom stereocenters. The van der Waals surface area contributed by atoms with Crippen LogP contribution in [0.5, 0.6) is 0 Å². The third-order valence-corrected chi connectivity index (χ3v) is 4.29. The first-order valence-electron chi connectivity index (χ1n) is 9.18. The van der Waals surface area contributed by atoms with Crippen LogP contribution in [0.2, 0.25) is 0 Å². The second kappa shape index (κ2) is 10.2. The van der Waals surface area contributed by atoms with Gasteiger partial charge in [0, 0.05) is 23.4 Å². The van der Waals surface area contributed by atoms with Gasteiger partial charge in [0.15, 0.2) is 12.4 Å². The number of rotatable bonds is 8. The van der Waals surface area contributed by atoms with Crippen LogP contribution in [-0.2, 0) is 19.1 Å². The summed E-state index contributed by atoms with van der Waals surface area (Å²) >= 11 is 0. The smallest absolute Gasteiger partial charge is 0.306 e. The number of nitrogens with one attached hydrogen (secondary N) is 2. The maximum atomic E-state index is 11.9. The van der Waals surface area contributed by atoms with Crippen molar-refractivity contribution < 1.29 is 23.9 Å².